The third kappa shape index (κ3) is 5.09. The summed E-state index contributed by atoms with van der Waals surface area (Å²) in [6.45, 7) is 0. The highest BCUT2D eigenvalue weighted by atomic mass is 31.1. The van der Waals surface area contributed by atoms with Crippen LogP contribution >= 0.6 is 16.2 Å². The monoisotopic (exact) mass is 213 g/mol. The summed E-state index contributed by atoms with van der Waals surface area (Å²) >= 11 is 0. The maximum atomic E-state index is 10.3. The number of nitrogens with zero attached hydrogens (tertiary/aromatic N) is 2. The van der Waals surface area contributed by atoms with E-state index >= 15 is 0 Å². The van der Waals surface area contributed by atoms with Crippen LogP contribution in [0.2, 0.25) is 0 Å². The quantitative estimate of drug-likeness (QED) is 0.333. The zero-order valence-corrected chi connectivity index (χ0v) is 8.07. The largest absolute Gasteiger partial charge is 0.670 e. The normalized spacial score (nSPS) is 14.1. The van der Waals surface area contributed by atoms with Gasteiger partial charge in [0.25, 0.3) is 6.29 Å². The molecule has 0 aromatic rings. The van der Waals surface area contributed by atoms with Gasteiger partial charge >= 0.3 is 16.2 Å². The standard InChI is InChI=1S/C3H7N3O4P2/c1-6(2-11(7)8)3(4)5-12(9)10/h2H2,1H3,(H2-2,4,5,7,8,9,10)/p+2. The highest BCUT2D eigenvalue weighted by molar-refractivity contribution is 7.38. The second-order valence-corrected chi connectivity index (χ2v) is 3.60. The van der Waals surface area contributed by atoms with Gasteiger partial charge < -0.3 is 5.73 Å². The minimum Gasteiger partial charge on any atom is -0.366 e. The van der Waals surface area contributed by atoms with E-state index < -0.39 is 16.2 Å². The van der Waals surface area contributed by atoms with E-state index in [9.17, 15) is 9.13 Å². The Morgan fingerprint density at radius 2 is 2.08 bits per heavy atom. The van der Waals surface area contributed by atoms with E-state index in [2.05, 4.69) is 4.76 Å². The number of hydrogen-bond acceptors (Lipinski definition) is 2. The fraction of sp³-hybridized carbons (Fsp3) is 0.667. The molecular weight excluding hydrogens is 204 g/mol. The van der Waals surface area contributed by atoms with Crippen molar-refractivity contribution in [2.75, 3.05) is 13.3 Å². The topological polar surface area (TPSA) is 116 Å². The molecule has 7 nitrogen and oxygen atoms in total. The first-order valence-electron chi connectivity index (χ1n) is 2.78. The van der Waals surface area contributed by atoms with Crippen LogP contribution in [0.3, 0.4) is 0 Å². The SMILES string of the molecule is CN(C[P+](=O)O)/C(N)=N/[P+](=O)O. The lowest BCUT2D eigenvalue weighted by Crippen LogP contribution is -2.33. The van der Waals surface area contributed by atoms with E-state index in [-0.39, 0.29) is 12.2 Å². The number of guanidine groups is 1. The van der Waals surface area contributed by atoms with E-state index in [0.29, 0.717) is 0 Å². The van der Waals surface area contributed by atoms with Crippen LogP contribution in [-0.2, 0) is 9.13 Å². The number of rotatable bonds is 3. The average molecular weight is 213 g/mol. The molecule has 0 aliphatic rings. The van der Waals surface area contributed by atoms with Crippen molar-refractivity contribution in [3.63, 3.8) is 0 Å². The van der Waals surface area contributed by atoms with Crippen LogP contribution in [-0.4, -0.2) is 34.0 Å². The smallest absolute Gasteiger partial charge is 0.366 e. The summed E-state index contributed by atoms with van der Waals surface area (Å²) in [6.07, 6.45) is -0.214. The summed E-state index contributed by atoms with van der Waals surface area (Å²) in [4.78, 5) is 17.8. The Morgan fingerprint density at radius 3 is 2.42 bits per heavy atom. The van der Waals surface area contributed by atoms with Crippen molar-refractivity contribution in [1.29, 1.82) is 0 Å². The van der Waals surface area contributed by atoms with Gasteiger partial charge in [0.2, 0.25) is 5.96 Å². The van der Waals surface area contributed by atoms with Gasteiger partial charge in [-0.2, -0.15) is 4.89 Å². The first kappa shape index (κ1) is 11.4. The van der Waals surface area contributed by atoms with Gasteiger partial charge in [-0.25, -0.2) is 0 Å². The molecule has 0 heterocycles. The van der Waals surface area contributed by atoms with Crippen molar-refractivity contribution in [2.45, 2.75) is 0 Å². The lowest BCUT2D eigenvalue weighted by Gasteiger charge is -2.06. The molecule has 0 aliphatic carbocycles. The zero-order valence-electron chi connectivity index (χ0n) is 6.28. The van der Waals surface area contributed by atoms with E-state index in [0.717, 1.165) is 4.90 Å². The van der Waals surface area contributed by atoms with Crippen molar-refractivity contribution in [3.05, 3.63) is 0 Å². The van der Waals surface area contributed by atoms with Crippen LogP contribution in [0.15, 0.2) is 4.76 Å². The lowest BCUT2D eigenvalue weighted by atomic mass is 10.8. The van der Waals surface area contributed by atoms with Gasteiger partial charge in [0, 0.05) is 16.4 Å². The van der Waals surface area contributed by atoms with Crippen molar-refractivity contribution in [3.8, 4) is 0 Å². The van der Waals surface area contributed by atoms with Gasteiger partial charge in [0.1, 0.15) is 0 Å². The molecular formula is C3H9N3O4P2+2. The second kappa shape index (κ2) is 5.11. The minimum atomic E-state index is -2.70. The molecule has 0 spiro atoms. The molecule has 9 heteroatoms. The molecule has 0 saturated heterocycles. The van der Waals surface area contributed by atoms with Gasteiger partial charge in [-0.1, -0.05) is 0 Å². The van der Waals surface area contributed by atoms with E-state index in [1.807, 2.05) is 0 Å². The fourth-order valence-electron chi connectivity index (χ4n) is 0.418. The van der Waals surface area contributed by atoms with E-state index in [4.69, 9.17) is 15.5 Å². The van der Waals surface area contributed by atoms with Crippen LogP contribution in [0.4, 0.5) is 0 Å². The molecule has 4 N–H and O–H groups in total. The first-order chi connectivity index (χ1) is 5.43. The van der Waals surface area contributed by atoms with Crippen LogP contribution in [0.5, 0.6) is 0 Å². The molecule has 0 amide bonds. The van der Waals surface area contributed by atoms with Crippen molar-refractivity contribution in [2.24, 2.45) is 10.5 Å². The number of nitrogens with two attached hydrogens (primary N) is 1. The van der Waals surface area contributed by atoms with E-state index in [1.165, 1.54) is 7.05 Å². The highest BCUT2D eigenvalue weighted by Crippen LogP contribution is 2.17. The van der Waals surface area contributed by atoms with Crippen LogP contribution in [0.25, 0.3) is 0 Å². The molecule has 0 radical (unpaired) electrons. The van der Waals surface area contributed by atoms with Gasteiger partial charge in [-0.05, 0) is 4.57 Å². The molecule has 2 atom stereocenters. The third-order valence-corrected chi connectivity index (χ3v) is 1.95. The summed E-state index contributed by atoms with van der Waals surface area (Å²) < 4.78 is 23.5. The lowest BCUT2D eigenvalue weighted by molar-refractivity contribution is 0.470. The van der Waals surface area contributed by atoms with Crippen molar-refractivity contribution >= 4 is 22.2 Å². The predicted molar refractivity (Wildman–Crippen MR) is 43.9 cm³/mol. The van der Waals surface area contributed by atoms with Crippen LogP contribution in [0, 0.1) is 0 Å². The molecule has 0 aromatic carbocycles. The molecule has 68 valence electrons. The zero-order chi connectivity index (χ0) is 9.72. The molecule has 0 aromatic heterocycles. The van der Waals surface area contributed by atoms with Gasteiger partial charge in [0.05, 0.1) is 0 Å². The third-order valence-electron chi connectivity index (χ3n) is 0.912. The minimum absolute atomic E-state index is 0.214. The Kier molecular flexibility index (Phi) is 4.85. The molecule has 2 unspecified atom stereocenters. The van der Waals surface area contributed by atoms with Crippen LogP contribution < -0.4 is 5.73 Å². The fourth-order valence-corrected chi connectivity index (χ4v) is 1.25. The van der Waals surface area contributed by atoms with E-state index in [1.54, 1.807) is 0 Å². The summed E-state index contributed by atoms with van der Waals surface area (Å²) in [5, 5.41) is 0. The number of hydrogen-bond donors (Lipinski definition) is 3. The summed E-state index contributed by atoms with van der Waals surface area (Å²) in [7, 11) is -3.67. The Bertz CT molecular complexity index is 230. The summed E-state index contributed by atoms with van der Waals surface area (Å²) in [5.41, 5.74) is 5.16. The molecule has 0 rings (SSSR count). The molecule has 0 fully saturated rings. The predicted octanol–water partition coefficient (Wildman–Crippen LogP) is -0.425. The van der Waals surface area contributed by atoms with Gasteiger partial charge in [-0.15, -0.1) is 4.89 Å². The molecule has 0 saturated carbocycles. The summed E-state index contributed by atoms with van der Waals surface area (Å²) in [5.74, 6) is -0.240. The van der Waals surface area contributed by atoms with Gasteiger partial charge in [-0.3, -0.25) is 4.90 Å². The van der Waals surface area contributed by atoms with Crippen molar-refractivity contribution in [1.82, 2.24) is 4.90 Å². The summed E-state index contributed by atoms with van der Waals surface area (Å²) in [6, 6.07) is 0. The Labute approximate surface area is 70.7 Å². The maximum absolute atomic E-state index is 10.3. The second-order valence-electron chi connectivity index (χ2n) is 1.90. The highest BCUT2D eigenvalue weighted by Gasteiger charge is 2.19. The molecule has 0 bridgehead atoms. The molecule has 12 heavy (non-hydrogen) atoms. The average Bonchev–Trinajstić information content (AvgIpc) is 1.84. The Hall–Kier alpha value is -0.610. The van der Waals surface area contributed by atoms with Crippen LogP contribution in [0.1, 0.15) is 0 Å². The maximum Gasteiger partial charge on any atom is 0.670 e. The van der Waals surface area contributed by atoms with Crippen molar-refractivity contribution < 1.29 is 18.9 Å². The Balaban J connectivity index is 4.18. The molecule has 0 aliphatic heterocycles. The Morgan fingerprint density at radius 1 is 1.58 bits per heavy atom. The first-order valence-corrected chi connectivity index (χ1v) is 5.34. The van der Waals surface area contributed by atoms with Gasteiger partial charge in [0.15, 0.2) is 0 Å².